The van der Waals surface area contributed by atoms with Crippen LogP contribution in [0.25, 0.3) is 0 Å². The molecule has 0 radical (unpaired) electrons. The average Bonchev–Trinajstić information content (AvgIpc) is 3.18. The minimum atomic E-state index is -1.62. The first kappa shape index (κ1) is 15.8. The molecule has 2 N–H and O–H groups in total. The molecule has 5 rings (SSSR count). The number of aliphatic hydroxyl groups excluding tert-OH is 2. The second kappa shape index (κ2) is 4.10. The van der Waals surface area contributed by atoms with Crippen molar-refractivity contribution in [1.82, 2.24) is 0 Å². The van der Waals surface area contributed by atoms with Gasteiger partial charge in [-0.3, -0.25) is 0 Å². The third kappa shape index (κ3) is 1.33. The fourth-order valence-electron chi connectivity index (χ4n) is 6.37. The van der Waals surface area contributed by atoms with Gasteiger partial charge in [0.15, 0.2) is 12.4 Å². The lowest BCUT2D eigenvalue weighted by atomic mass is 9.63. The molecule has 7 heteroatoms. The maximum Gasteiger partial charge on any atom is 0.344 e. The van der Waals surface area contributed by atoms with Crippen LogP contribution < -0.4 is 0 Å². The second-order valence-electron chi connectivity index (χ2n) is 9.06. The number of aliphatic hydroxyl groups is 2. The summed E-state index contributed by atoms with van der Waals surface area (Å²) in [4.78, 5) is 24.9. The van der Waals surface area contributed by atoms with Gasteiger partial charge in [0.1, 0.15) is 12.2 Å². The molecule has 2 saturated heterocycles. The number of hydrogen-bond acceptors (Lipinski definition) is 7. The van der Waals surface area contributed by atoms with Crippen molar-refractivity contribution in [2.45, 2.75) is 64.3 Å². The highest BCUT2D eigenvalue weighted by atomic mass is 16.7. The smallest absolute Gasteiger partial charge is 0.344 e. The molecule has 0 aromatic heterocycles. The SMILES string of the molecule is CC1=C2C(OC1=O)[C@H](O)[C@]13[C@@H]4[C@H](C(C)(C)C)C[C@H]1OC(=O)[C@]23O[C@@H]4O. The monoisotopic (exact) mass is 350 g/mol. The van der Waals surface area contributed by atoms with Crippen molar-refractivity contribution < 1.29 is 34.0 Å². The maximum atomic E-state index is 12.9. The molecule has 0 aromatic carbocycles. The molecule has 25 heavy (non-hydrogen) atoms. The lowest BCUT2D eigenvalue weighted by Gasteiger charge is -2.38. The Morgan fingerprint density at radius 3 is 2.48 bits per heavy atom. The molecule has 0 aromatic rings. The van der Waals surface area contributed by atoms with E-state index < -0.39 is 53.5 Å². The number of fused-ring (bicyclic) bond motifs is 1. The van der Waals surface area contributed by atoms with E-state index >= 15 is 0 Å². The zero-order valence-electron chi connectivity index (χ0n) is 14.6. The van der Waals surface area contributed by atoms with E-state index in [1.165, 1.54) is 0 Å². The number of carbonyl (C=O) groups is 2. The summed E-state index contributed by atoms with van der Waals surface area (Å²) in [7, 11) is 0. The van der Waals surface area contributed by atoms with Crippen LogP contribution in [0, 0.1) is 22.7 Å². The van der Waals surface area contributed by atoms with E-state index in [1.807, 2.05) is 0 Å². The quantitative estimate of drug-likeness (QED) is 0.605. The number of esters is 2. The van der Waals surface area contributed by atoms with Crippen LogP contribution in [-0.4, -0.2) is 52.4 Å². The number of ether oxygens (including phenoxy) is 3. The Morgan fingerprint density at radius 1 is 1.16 bits per heavy atom. The van der Waals surface area contributed by atoms with Crippen molar-refractivity contribution in [3.8, 4) is 0 Å². The van der Waals surface area contributed by atoms with Gasteiger partial charge in [0, 0.05) is 17.1 Å². The Labute approximate surface area is 144 Å². The van der Waals surface area contributed by atoms with Gasteiger partial charge < -0.3 is 24.4 Å². The van der Waals surface area contributed by atoms with E-state index in [4.69, 9.17) is 14.2 Å². The molecule has 8 atom stereocenters. The van der Waals surface area contributed by atoms with Crippen molar-refractivity contribution in [3.05, 3.63) is 11.1 Å². The molecular formula is C18H22O7. The van der Waals surface area contributed by atoms with Gasteiger partial charge in [0.05, 0.1) is 5.41 Å². The van der Waals surface area contributed by atoms with Gasteiger partial charge in [-0.15, -0.1) is 0 Å². The summed E-state index contributed by atoms with van der Waals surface area (Å²) < 4.78 is 16.9. The van der Waals surface area contributed by atoms with Crippen LogP contribution in [0.15, 0.2) is 11.1 Å². The first-order valence-corrected chi connectivity index (χ1v) is 8.75. The normalized spacial score (nSPS) is 53.0. The summed E-state index contributed by atoms with van der Waals surface area (Å²) in [6.07, 6.45) is -3.27. The third-order valence-corrected chi connectivity index (χ3v) is 7.23. The Kier molecular flexibility index (Phi) is 2.59. The zero-order chi connectivity index (χ0) is 18.1. The van der Waals surface area contributed by atoms with Gasteiger partial charge in [-0.2, -0.15) is 0 Å². The molecular weight excluding hydrogens is 328 g/mol. The third-order valence-electron chi connectivity index (χ3n) is 7.23. The molecule has 1 spiro atoms. The van der Waals surface area contributed by atoms with Crippen LogP contribution in [0.1, 0.15) is 34.1 Å². The molecule has 7 nitrogen and oxygen atoms in total. The Balaban J connectivity index is 1.80. The van der Waals surface area contributed by atoms with Gasteiger partial charge in [0.2, 0.25) is 5.60 Å². The van der Waals surface area contributed by atoms with E-state index in [-0.39, 0.29) is 16.9 Å². The van der Waals surface area contributed by atoms with Gasteiger partial charge in [-0.1, -0.05) is 20.8 Å². The number of hydrogen-bond donors (Lipinski definition) is 2. The Morgan fingerprint density at radius 2 is 1.84 bits per heavy atom. The molecule has 0 amide bonds. The van der Waals surface area contributed by atoms with Crippen molar-refractivity contribution in [1.29, 1.82) is 0 Å². The summed E-state index contributed by atoms with van der Waals surface area (Å²) >= 11 is 0. The van der Waals surface area contributed by atoms with Crippen LogP contribution in [0.3, 0.4) is 0 Å². The first-order valence-electron chi connectivity index (χ1n) is 8.75. The topological polar surface area (TPSA) is 102 Å². The van der Waals surface area contributed by atoms with Crippen LogP contribution in [-0.2, 0) is 23.8 Å². The lowest BCUT2D eigenvalue weighted by Crippen LogP contribution is -2.53. The minimum absolute atomic E-state index is 0.00689. The molecule has 0 bridgehead atoms. The van der Waals surface area contributed by atoms with Gasteiger partial charge in [0.25, 0.3) is 0 Å². The van der Waals surface area contributed by atoms with Crippen LogP contribution in [0.4, 0.5) is 0 Å². The summed E-state index contributed by atoms with van der Waals surface area (Å²) in [5.41, 5.74) is -2.29. The summed E-state index contributed by atoms with van der Waals surface area (Å²) in [6, 6.07) is 0. The van der Waals surface area contributed by atoms with Crippen molar-refractivity contribution in [2.75, 3.05) is 0 Å². The Bertz CT molecular complexity index is 749. The Hall–Kier alpha value is -1.44. The lowest BCUT2D eigenvalue weighted by molar-refractivity contribution is -0.177. The molecule has 3 aliphatic heterocycles. The fraction of sp³-hybridized carbons (Fsp3) is 0.778. The van der Waals surface area contributed by atoms with Gasteiger partial charge >= 0.3 is 11.9 Å². The number of rotatable bonds is 0. The van der Waals surface area contributed by atoms with E-state index in [1.54, 1.807) is 6.92 Å². The first-order chi connectivity index (χ1) is 11.6. The summed E-state index contributed by atoms with van der Waals surface area (Å²) in [6.45, 7) is 7.77. The zero-order valence-corrected chi connectivity index (χ0v) is 14.6. The highest BCUT2D eigenvalue weighted by Gasteiger charge is 2.91. The van der Waals surface area contributed by atoms with E-state index in [2.05, 4.69) is 20.8 Å². The largest absolute Gasteiger partial charge is 0.459 e. The predicted molar refractivity (Wildman–Crippen MR) is 81.8 cm³/mol. The van der Waals surface area contributed by atoms with Gasteiger partial charge in [-0.25, -0.2) is 9.59 Å². The highest BCUT2D eigenvalue weighted by Crippen LogP contribution is 2.76. The number of carbonyl (C=O) groups excluding carboxylic acids is 2. The molecule has 1 unspecified atom stereocenters. The highest BCUT2D eigenvalue weighted by molar-refractivity contribution is 5.99. The molecule has 5 aliphatic rings. The fourth-order valence-corrected chi connectivity index (χ4v) is 6.37. The summed E-state index contributed by atoms with van der Waals surface area (Å²) in [5, 5.41) is 22.0. The molecule has 2 saturated carbocycles. The van der Waals surface area contributed by atoms with Crippen LogP contribution >= 0.6 is 0 Å². The maximum absolute atomic E-state index is 12.9. The van der Waals surface area contributed by atoms with Gasteiger partial charge in [-0.05, 0) is 24.7 Å². The molecule has 136 valence electrons. The molecule has 4 fully saturated rings. The van der Waals surface area contributed by atoms with Crippen LogP contribution in [0.2, 0.25) is 0 Å². The van der Waals surface area contributed by atoms with E-state index in [9.17, 15) is 19.8 Å². The summed E-state index contributed by atoms with van der Waals surface area (Å²) in [5.74, 6) is -1.66. The molecule has 3 heterocycles. The van der Waals surface area contributed by atoms with E-state index in [0.29, 0.717) is 12.0 Å². The minimum Gasteiger partial charge on any atom is -0.459 e. The van der Waals surface area contributed by atoms with Crippen molar-refractivity contribution >= 4 is 11.9 Å². The predicted octanol–water partition coefficient (Wildman–Crippen LogP) is 0.284. The van der Waals surface area contributed by atoms with Crippen molar-refractivity contribution in [2.24, 2.45) is 22.7 Å². The molecule has 2 aliphatic carbocycles. The van der Waals surface area contributed by atoms with Crippen LogP contribution in [0.5, 0.6) is 0 Å². The van der Waals surface area contributed by atoms with E-state index in [0.717, 1.165) is 0 Å². The second-order valence-corrected chi connectivity index (χ2v) is 9.06. The standard InChI is InChI=1S/C18H22O7/c1-6-9-11(24-13(6)20)12(19)17-8-5-7(16(2,3)4)10(17)14(21)25-18(9,17)15(22)23-8/h7-8,10-12,14,19,21H,5H2,1-4H3/t7-,8-,10-,11?,12+,14+,17-,18-/m1/s1. The average molecular weight is 350 g/mol. The van der Waals surface area contributed by atoms with Crippen molar-refractivity contribution in [3.63, 3.8) is 0 Å².